The van der Waals surface area contributed by atoms with Crippen molar-refractivity contribution in [1.29, 1.82) is 0 Å². The lowest BCUT2D eigenvalue weighted by molar-refractivity contribution is -0.116. The lowest BCUT2D eigenvalue weighted by Crippen LogP contribution is -2.13. The van der Waals surface area contributed by atoms with Gasteiger partial charge < -0.3 is 5.32 Å². The zero-order chi connectivity index (χ0) is 12.8. The van der Waals surface area contributed by atoms with E-state index in [4.69, 9.17) is 0 Å². The zero-order valence-corrected chi connectivity index (χ0v) is 10.3. The van der Waals surface area contributed by atoms with Gasteiger partial charge in [-0.25, -0.2) is 4.98 Å². The van der Waals surface area contributed by atoms with Gasteiger partial charge in [0.2, 0.25) is 5.91 Å². The predicted molar refractivity (Wildman–Crippen MR) is 70.2 cm³/mol. The third-order valence-electron chi connectivity index (χ3n) is 2.57. The maximum atomic E-state index is 11.7. The van der Waals surface area contributed by atoms with Gasteiger partial charge in [-0.05, 0) is 48.7 Å². The highest BCUT2D eigenvalue weighted by atomic mass is 16.1. The lowest BCUT2D eigenvalue weighted by atomic mass is 10.1. The number of amides is 1. The Bertz CT molecular complexity index is 526. The van der Waals surface area contributed by atoms with Crippen LogP contribution in [0.4, 0.5) is 5.82 Å². The lowest BCUT2D eigenvalue weighted by Gasteiger charge is -2.05. The summed E-state index contributed by atoms with van der Waals surface area (Å²) in [6.07, 6.45) is 6.30. The van der Waals surface area contributed by atoms with Crippen molar-refractivity contribution < 1.29 is 4.79 Å². The van der Waals surface area contributed by atoms with Gasteiger partial charge in [0.1, 0.15) is 5.82 Å². The second-order valence-electron chi connectivity index (χ2n) is 4.12. The molecule has 4 nitrogen and oxygen atoms in total. The van der Waals surface area contributed by atoms with Gasteiger partial charge in [-0.1, -0.05) is 0 Å². The minimum absolute atomic E-state index is 0.0232. The van der Waals surface area contributed by atoms with Crippen LogP contribution in [0.2, 0.25) is 0 Å². The van der Waals surface area contributed by atoms with Crippen molar-refractivity contribution >= 4 is 11.7 Å². The molecule has 2 rings (SSSR count). The molecular formula is C14H15N3O. The van der Waals surface area contributed by atoms with Crippen molar-refractivity contribution in [3.63, 3.8) is 0 Å². The van der Waals surface area contributed by atoms with Gasteiger partial charge in [0, 0.05) is 25.0 Å². The van der Waals surface area contributed by atoms with Crippen molar-refractivity contribution in [3.8, 4) is 0 Å². The van der Waals surface area contributed by atoms with E-state index < -0.39 is 0 Å². The molecule has 0 aliphatic carbocycles. The Balaban J connectivity index is 1.86. The number of pyridine rings is 2. The molecule has 0 aliphatic rings. The molecule has 4 heteroatoms. The van der Waals surface area contributed by atoms with Crippen LogP contribution in [0, 0.1) is 6.92 Å². The van der Waals surface area contributed by atoms with Crippen LogP contribution in [-0.2, 0) is 11.2 Å². The molecule has 92 valence electrons. The molecule has 0 unspecified atom stereocenters. The van der Waals surface area contributed by atoms with Gasteiger partial charge in [-0.3, -0.25) is 9.78 Å². The molecule has 0 saturated heterocycles. The van der Waals surface area contributed by atoms with Crippen LogP contribution in [0.25, 0.3) is 0 Å². The SMILES string of the molecule is Cc1ccnc(NC(=O)CCc2ccncc2)c1. The second-order valence-corrected chi connectivity index (χ2v) is 4.12. The van der Waals surface area contributed by atoms with Crippen molar-refractivity contribution in [2.24, 2.45) is 0 Å². The molecule has 0 bridgehead atoms. The molecule has 0 atom stereocenters. The molecule has 0 saturated carbocycles. The zero-order valence-electron chi connectivity index (χ0n) is 10.3. The molecular weight excluding hydrogens is 226 g/mol. The fourth-order valence-corrected chi connectivity index (χ4v) is 1.62. The number of aromatic nitrogens is 2. The van der Waals surface area contributed by atoms with E-state index in [-0.39, 0.29) is 5.91 Å². The topological polar surface area (TPSA) is 54.9 Å². The molecule has 0 aromatic carbocycles. The summed E-state index contributed by atoms with van der Waals surface area (Å²) in [5.74, 6) is 0.583. The van der Waals surface area contributed by atoms with E-state index in [2.05, 4.69) is 15.3 Å². The minimum Gasteiger partial charge on any atom is -0.311 e. The minimum atomic E-state index is -0.0232. The third-order valence-corrected chi connectivity index (χ3v) is 2.57. The van der Waals surface area contributed by atoms with Crippen molar-refractivity contribution in [3.05, 3.63) is 54.0 Å². The highest BCUT2D eigenvalue weighted by Gasteiger charge is 2.03. The van der Waals surface area contributed by atoms with E-state index in [0.717, 1.165) is 11.1 Å². The summed E-state index contributed by atoms with van der Waals surface area (Å²) in [6, 6.07) is 7.58. The highest BCUT2D eigenvalue weighted by Crippen LogP contribution is 2.07. The van der Waals surface area contributed by atoms with Crippen LogP contribution in [0.3, 0.4) is 0 Å². The Morgan fingerprint density at radius 1 is 1.22 bits per heavy atom. The largest absolute Gasteiger partial charge is 0.311 e. The average molecular weight is 241 g/mol. The second kappa shape index (κ2) is 5.91. The first-order chi connectivity index (χ1) is 8.74. The number of carbonyl (C=O) groups is 1. The Labute approximate surface area is 106 Å². The molecule has 2 aromatic rings. The fourth-order valence-electron chi connectivity index (χ4n) is 1.62. The molecule has 2 aromatic heterocycles. The van der Waals surface area contributed by atoms with E-state index in [9.17, 15) is 4.79 Å². The molecule has 1 N–H and O–H groups in total. The number of hydrogen-bond acceptors (Lipinski definition) is 3. The Morgan fingerprint density at radius 3 is 2.72 bits per heavy atom. The number of nitrogens with zero attached hydrogens (tertiary/aromatic N) is 2. The van der Waals surface area contributed by atoms with Crippen LogP contribution in [0.1, 0.15) is 17.5 Å². The van der Waals surface area contributed by atoms with Gasteiger partial charge in [0.25, 0.3) is 0 Å². The Morgan fingerprint density at radius 2 is 2.00 bits per heavy atom. The van der Waals surface area contributed by atoms with Crippen LogP contribution in [0.15, 0.2) is 42.9 Å². The monoisotopic (exact) mass is 241 g/mol. The Kier molecular flexibility index (Phi) is 4.02. The predicted octanol–water partition coefficient (Wildman–Crippen LogP) is 2.36. The number of rotatable bonds is 4. The summed E-state index contributed by atoms with van der Waals surface area (Å²) in [6.45, 7) is 1.97. The number of hydrogen-bond donors (Lipinski definition) is 1. The summed E-state index contributed by atoms with van der Waals surface area (Å²) < 4.78 is 0. The molecule has 2 heterocycles. The first kappa shape index (κ1) is 12.2. The van der Waals surface area contributed by atoms with E-state index in [0.29, 0.717) is 18.7 Å². The molecule has 0 fully saturated rings. The first-order valence-corrected chi connectivity index (χ1v) is 5.85. The van der Waals surface area contributed by atoms with E-state index >= 15 is 0 Å². The van der Waals surface area contributed by atoms with E-state index in [1.165, 1.54) is 0 Å². The number of anilines is 1. The van der Waals surface area contributed by atoms with Crippen molar-refractivity contribution in [1.82, 2.24) is 9.97 Å². The van der Waals surface area contributed by atoms with Crippen LogP contribution >= 0.6 is 0 Å². The van der Waals surface area contributed by atoms with E-state index in [1.54, 1.807) is 18.6 Å². The maximum Gasteiger partial charge on any atom is 0.225 e. The normalized spacial score (nSPS) is 10.1. The first-order valence-electron chi connectivity index (χ1n) is 5.85. The van der Waals surface area contributed by atoms with Crippen LogP contribution in [-0.4, -0.2) is 15.9 Å². The number of nitrogens with one attached hydrogen (secondary N) is 1. The standard InChI is InChI=1S/C14H15N3O/c1-11-4-9-16-13(10-11)17-14(18)3-2-12-5-7-15-8-6-12/h4-10H,2-3H2,1H3,(H,16,17,18). The van der Waals surface area contributed by atoms with Gasteiger partial charge in [-0.15, -0.1) is 0 Å². The van der Waals surface area contributed by atoms with Gasteiger partial charge >= 0.3 is 0 Å². The van der Waals surface area contributed by atoms with Crippen molar-refractivity contribution in [2.45, 2.75) is 19.8 Å². The molecule has 1 amide bonds. The average Bonchev–Trinajstić information content (AvgIpc) is 2.38. The quantitative estimate of drug-likeness (QED) is 0.894. The van der Waals surface area contributed by atoms with Gasteiger partial charge in [0.15, 0.2) is 0 Å². The van der Waals surface area contributed by atoms with E-state index in [1.807, 2.05) is 31.2 Å². The third kappa shape index (κ3) is 3.66. The van der Waals surface area contributed by atoms with Gasteiger partial charge in [-0.2, -0.15) is 0 Å². The fraction of sp³-hybridized carbons (Fsp3) is 0.214. The molecule has 0 radical (unpaired) electrons. The summed E-state index contributed by atoms with van der Waals surface area (Å²) in [5.41, 5.74) is 2.19. The van der Waals surface area contributed by atoms with Crippen molar-refractivity contribution in [2.75, 3.05) is 5.32 Å². The Hall–Kier alpha value is -2.23. The van der Waals surface area contributed by atoms with Crippen LogP contribution < -0.4 is 5.32 Å². The summed E-state index contributed by atoms with van der Waals surface area (Å²) in [5, 5.41) is 2.79. The maximum absolute atomic E-state index is 11.7. The molecule has 18 heavy (non-hydrogen) atoms. The summed E-state index contributed by atoms with van der Waals surface area (Å²) in [4.78, 5) is 19.8. The summed E-state index contributed by atoms with van der Waals surface area (Å²) >= 11 is 0. The number of aryl methyl sites for hydroxylation is 2. The molecule has 0 aliphatic heterocycles. The van der Waals surface area contributed by atoms with Gasteiger partial charge in [0.05, 0.1) is 0 Å². The highest BCUT2D eigenvalue weighted by molar-refractivity contribution is 5.89. The smallest absolute Gasteiger partial charge is 0.225 e. The van der Waals surface area contributed by atoms with Crippen LogP contribution in [0.5, 0.6) is 0 Å². The molecule has 0 spiro atoms. The number of carbonyl (C=O) groups excluding carboxylic acids is 1. The summed E-state index contributed by atoms with van der Waals surface area (Å²) in [7, 11) is 0.